The van der Waals surface area contributed by atoms with Gasteiger partial charge in [0, 0.05) is 17.8 Å². The Labute approximate surface area is 84.2 Å². The van der Waals surface area contributed by atoms with E-state index in [4.69, 9.17) is 10.5 Å². The molecule has 1 rings (SSSR count). The van der Waals surface area contributed by atoms with Gasteiger partial charge in [-0.25, -0.2) is 4.39 Å². The van der Waals surface area contributed by atoms with Crippen LogP contribution >= 0.6 is 15.9 Å². The molecule has 1 unspecified atom stereocenters. The van der Waals surface area contributed by atoms with Crippen molar-refractivity contribution in [1.29, 1.82) is 0 Å². The number of hydrogen-bond donors (Lipinski definition) is 1. The summed E-state index contributed by atoms with van der Waals surface area (Å²) in [5, 5.41) is 0. The molecule has 72 valence electrons. The van der Waals surface area contributed by atoms with Gasteiger partial charge in [0.2, 0.25) is 0 Å². The molecule has 0 aromatic carbocycles. The van der Waals surface area contributed by atoms with Crippen LogP contribution in [0.4, 0.5) is 4.39 Å². The zero-order valence-electron chi connectivity index (χ0n) is 7.13. The van der Waals surface area contributed by atoms with Crippen LogP contribution in [0.25, 0.3) is 0 Å². The first-order valence-electron chi connectivity index (χ1n) is 3.70. The third kappa shape index (κ3) is 2.72. The lowest BCUT2D eigenvalue weighted by Crippen LogP contribution is -2.19. The van der Waals surface area contributed by atoms with Crippen molar-refractivity contribution in [2.24, 2.45) is 5.73 Å². The molecule has 1 aromatic heterocycles. The van der Waals surface area contributed by atoms with Crippen molar-refractivity contribution in [2.75, 3.05) is 13.7 Å². The van der Waals surface area contributed by atoms with Crippen LogP contribution in [-0.2, 0) is 4.74 Å². The number of nitrogens with two attached hydrogens (primary N) is 1. The average Bonchev–Trinajstić information content (AvgIpc) is 2.04. The zero-order valence-corrected chi connectivity index (χ0v) is 8.71. The van der Waals surface area contributed by atoms with E-state index in [1.54, 1.807) is 0 Å². The topological polar surface area (TPSA) is 48.1 Å². The number of pyridine rings is 1. The minimum Gasteiger partial charge on any atom is -0.383 e. The largest absolute Gasteiger partial charge is 0.383 e. The molecule has 0 amide bonds. The highest BCUT2D eigenvalue weighted by atomic mass is 79.9. The number of aromatic nitrogens is 1. The standard InChI is InChI=1S/C8H10BrFN2O/c1-13-4-7(11)8-6(10)2-5(9)3-12-8/h2-3,7H,4,11H2,1H3. The molecule has 0 radical (unpaired) electrons. The van der Waals surface area contributed by atoms with E-state index in [9.17, 15) is 4.39 Å². The maximum atomic E-state index is 13.2. The van der Waals surface area contributed by atoms with Gasteiger partial charge >= 0.3 is 0 Å². The van der Waals surface area contributed by atoms with Gasteiger partial charge in [0.05, 0.1) is 18.3 Å². The van der Waals surface area contributed by atoms with Crippen molar-refractivity contribution < 1.29 is 9.13 Å². The minimum atomic E-state index is -0.516. The van der Waals surface area contributed by atoms with Gasteiger partial charge in [-0.15, -0.1) is 0 Å². The van der Waals surface area contributed by atoms with E-state index in [1.165, 1.54) is 19.4 Å². The van der Waals surface area contributed by atoms with Gasteiger partial charge in [0.15, 0.2) is 0 Å². The van der Waals surface area contributed by atoms with Gasteiger partial charge in [0.1, 0.15) is 5.82 Å². The average molecular weight is 249 g/mol. The molecule has 0 saturated heterocycles. The molecule has 13 heavy (non-hydrogen) atoms. The summed E-state index contributed by atoms with van der Waals surface area (Å²) < 4.78 is 18.6. The number of halogens is 2. The SMILES string of the molecule is COCC(N)c1ncc(Br)cc1F. The zero-order chi connectivity index (χ0) is 9.84. The summed E-state index contributed by atoms with van der Waals surface area (Å²) in [7, 11) is 1.51. The highest BCUT2D eigenvalue weighted by molar-refractivity contribution is 9.10. The van der Waals surface area contributed by atoms with Crippen LogP contribution in [0.2, 0.25) is 0 Å². The molecule has 1 atom stereocenters. The molecule has 1 aromatic rings. The highest BCUT2D eigenvalue weighted by Gasteiger charge is 2.12. The monoisotopic (exact) mass is 248 g/mol. The fraction of sp³-hybridized carbons (Fsp3) is 0.375. The molecule has 2 N–H and O–H groups in total. The van der Waals surface area contributed by atoms with Crippen LogP contribution in [-0.4, -0.2) is 18.7 Å². The van der Waals surface area contributed by atoms with Gasteiger partial charge in [-0.1, -0.05) is 0 Å². The summed E-state index contributed by atoms with van der Waals surface area (Å²) in [5.41, 5.74) is 5.84. The third-order valence-electron chi connectivity index (χ3n) is 1.53. The number of nitrogens with zero attached hydrogens (tertiary/aromatic N) is 1. The smallest absolute Gasteiger partial charge is 0.147 e. The van der Waals surface area contributed by atoms with E-state index in [0.717, 1.165) is 0 Å². The Morgan fingerprint density at radius 3 is 3.00 bits per heavy atom. The first-order valence-corrected chi connectivity index (χ1v) is 4.50. The number of hydrogen-bond acceptors (Lipinski definition) is 3. The van der Waals surface area contributed by atoms with Crippen LogP contribution in [0.3, 0.4) is 0 Å². The molecular formula is C8H10BrFN2O. The lowest BCUT2D eigenvalue weighted by atomic mass is 10.2. The molecule has 1 heterocycles. The van der Waals surface area contributed by atoms with Crippen molar-refractivity contribution in [2.45, 2.75) is 6.04 Å². The van der Waals surface area contributed by atoms with Gasteiger partial charge in [-0.2, -0.15) is 0 Å². The molecule has 0 saturated carbocycles. The van der Waals surface area contributed by atoms with E-state index in [2.05, 4.69) is 20.9 Å². The van der Waals surface area contributed by atoms with Crippen molar-refractivity contribution in [1.82, 2.24) is 4.98 Å². The Bertz CT molecular complexity index is 295. The molecule has 0 bridgehead atoms. The lowest BCUT2D eigenvalue weighted by Gasteiger charge is -2.10. The van der Waals surface area contributed by atoms with Gasteiger partial charge in [-0.05, 0) is 22.0 Å². The highest BCUT2D eigenvalue weighted by Crippen LogP contribution is 2.16. The van der Waals surface area contributed by atoms with Gasteiger partial charge < -0.3 is 10.5 Å². The Hall–Kier alpha value is -0.520. The van der Waals surface area contributed by atoms with Crippen LogP contribution in [0.15, 0.2) is 16.7 Å². The van der Waals surface area contributed by atoms with Crippen molar-refractivity contribution in [3.05, 3.63) is 28.2 Å². The summed E-state index contributed by atoms with van der Waals surface area (Å²) in [6.07, 6.45) is 1.51. The predicted molar refractivity (Wildman–Crippen MR) is 50.7 cm³/mol. The molecule has 3 nitrogen and oxygen atoms in total. The molecular weight excluding hydrogens is 239 g/mol. The number of rotatable bonds is 3. The Kier molecular flexibility index (Phi) is 3.77. The van der Waals surface area contributed by atoms with Crippen LogP contribution in [0.5, 0.6) is 0 Å². The summed E-state index contributed by atoms with van der Waals surface area (Å²) >= 11 is 3.11. The molecule has 0 aliphatic heterocycles. The lowest BCUT2D eigenvalue weighted by molar-refractivity contribution is 0.178. The predicted octanol–water partition coefficient (Wildman–Crippen LogP) is 1.63. The first kappa shape index (κ1) is 10.6. The minimum absolute atomic E-state index is 0.227. The molecule has 0 aliphatic carbocycles. The van der Waals surface area contributed by atoms with Gasteiger partial charge in [-0.3, -0.25) is 4.98 Å². The molecule has 0 fully saturated rings. The fourth-order valence-electron chi connectivity index (χ4n) is 0.956. The fourth-order valence-corrected chi connectivity index (χ4v) is 1.26. The summed E-state index contributed by atoms with van der Waals surface area (Å²) in [5.74, 6) is -0.418. The Morgan fingerprint density at radius 1 is 1.77 bits per heavy atom. The van der Waals surface area contributed by atoms with Crippen LogP contribution in [0.1, 0.15) is 11.7 Å². The first-order chi connectivity index (χ1) is 6.15. The molecule has 0 aliphatic rings. The van der Waals surface area contributed by atoms with Crippen molar-refractivity contribution >= 4 is 15.9 Å². The van der Waals surface area contributed by atoms with Crippen LogP contribution < -0.4 is 5.73 Å². The maximum Gasteiger partial charge on any atom is 0.147 e. The summed E-state index contributed by atoms with van der Waals surface area (Å²) in [6, 6.07) is 0.816. The Morgan fingerprint density at radius 2 is 2.46 bits per heavy atom. The van der Waals surface area contributed by atoms with Gasteiger partial charge in [0.25, 0.3) is 0 Å². The summed E-state index contributed by atoms with van der Waals surface area (Å²) in [6.45, 7) is 0.256. The quantitative estimate of drug-likeness (QED) is 0.885. The normalized spacial score (nSPS) is 12.9. The van der Waals surface area contributed by atoms with E-state index in [0.29, 0.717) is 4.47 Å². The second-order valence-corrected chi connectivity index (χ2v) is 3.50. The van der Waals surface area contributed by atoms with E-state index in [-0.39, 0.29) is 12.3 Å². The van der Waals surface area contributed by atoms with Crippen molar-refractivity contribution in [3.8, 4) is 0 Å². The van der Waals surface area contributed by atoms with Crippen molar-refractivity contribution in [3.63, 3.8) is 0 Å². The number of methoxy groups -OCH3 is 1. The molecule has 0 spiro atoms. The Balaban J connectivity index is 2.88. The summed E-state index contributed by atoms with van der Waals surface area (Å²) in [4.78, 5) is 3.87. The number of ether oxygens (including phenoxy) is 1. The maximum absolute atomic E-state index is 13.2. The third-order valence-corrected chi connectivity index (χ3v) is 1.97. The second kappa shape index (κ2) is 4.64. The second-order valence-electron chi connectivity index (χ2n) is 2.58. The van der Waals surface area contributed by atoms with E-state index < -0.39 is 11.9 Å². The molecule has 5 heteroatoms. The van der Waals surface area contributed by atoms with E-state index in [1.807, 2.05) is 0 Å². The van der Waals surface area contributed by atoms with E-state index >= 15 is 0 Å². The van der Waals surface area contributed by atoms with Crippen LogP contribution in [0, 0.1) is 5.82 Å².